The molecule has 1 aliphatic carbocycles. The van der Waals surface area contributed by atoms with Crippen molar-refractivity contribution < 1.29 is 13.9 Å². The van der Waals surface area contributed by atoms with E-state index in [1.807, 2.05) is 48.5 Å². The standard InChI is InChI=1S/C20H17N3O3/c24-19(21-20-23-22-17(26-20)11-12-9-10-12)18-13-5-1-3-7-15(13)25-16-8-4-2-6-14(16)18/h1-8,12,18H,9-11H2,(H,21,23,24). The molecule has 2 heterocycles. The fourth-order valence-electron chi connectivity index (χ4n) is 3.33. The van der Waals surface area contributed by atoms with Gasteiger partial charge in [0, 0.05) is 17.5 Å². The molecule has 1 aliphatic heterocycles. The number of fused-ring (bicyclic) bond motifs is 2. The minimum atomic E-state index is -0.491. The minimum absolute atomic E-state index is 0.145. The maximum absolute atomic E-state index is 13.0. The van der Waals surface area contributed by atoms with Crippen LogP contribution in [0.15, 0.2) is 52.9 Å². The first kappa shape index (κ1) is 15.1. The van der Waals surface area contributed by atoms with Gasteiger partial charge in [-0.05, 0) is 30.9 Å². The first-order chi connectivity index (χ1) is 12.8. The Morgan fingerprint density at radius 2 is 1.65 bits per heavy atom. The summed E-state index contributed by atoms with van der Waals surface area (Å²) in [7, 11) is 0. The summed E-state index contributed by atoms with van der Waals surface area (Å²) in [6, 6.07) is 15.3. The lowest BCUT2D eigenvalue weighted by molar-refractivity contribution is -0.117. The summed E-state index contributed by atoms with van der Waals surface area (Å²) >= 11 is 0. The third-order valence-corrected chi connectivity index (χ3v) is 4.80. The molecule has 6 nitrogen and oxygen atoms in total. The number of ether oxygens (including phenoxy) is 1. The topological polar surface area (TPSA) is 77.3 Å². The lowest BCUT2D eigenvalue weighted by Crippen LogP contribution is -2.25. The highest BCUT2D eigenvalue weighted by Gasteiger charge is 2.33. The van der Waals surface area contributed by atoms with Crippen LogP contribution in [-0.4, -0.2) is 16.1 Å². The molecule has 2 aromatic carbocycles. The number of aromatic nitrogens is 2. The molecule has 6 heteroatoms. The molecule has 0 bridgehead atoms. The van der Waals surface area contributed by atoms with Gasteiger partial charge in [-0.1, -0.05) is 41.5 Å². The van der Waals surface area contributed by atoms with Gasteiger partial charge >= 0.3 is 6.01 Å². The van der Waals surface area contributed by atoms with Gasteiger partial charge in [0.25, 0.3) is 0 Å². The van der Waals surface area contributed by atoms with Crippen LogP contribution in [0.2, 0.25) is 0 Å². The number of hydrogen-bond acceptors (Lipinski definition) is 5. The Balaban J connectivity index is 1.45. The molecule has 1 fully saturated rings. The molecule has 1 N–H and O–H groups in total. The largest absolute Gasteiger partial charge is 0.457 e. The zero-order chi connectivity index (χ0) is 17.5. The number of rotatable bonds is 4. The summed E-state index contributed by atoms with van der Waals surface area (Å²) in [6.45, 7) is 0. The summed E-state index contributed by atoms with van der Waals surface area (Å²) in [5.74, 6) is 1.89. The Morgan fingerprint density at radius 1 is 1.00 bits per heavy atom. The average molecular weight is 347 g/mol. The van der Waals surface area contributed by atoms with Crippen LogP contribution in [0.4, 0.5) is 6.01 Å². The van der Waals surface area contributed by atoms with Crippen molar-refractivity contribution in [1.82, 2.24) is 10.2 Å². The van der Waals surface area contributed by atoms with Crippen LogP contribution in [0, 0.1) is 5.92 Å². The van der Waals surface area contributed by atoms with Gasteiger partial charge in [-0.3, -0.25) is 10.1 Å². The van der Waals surface area contributed by atoms with Crippen LogP contribution in [0.1, 0.15) is 35.8 Å². The van der Waals surface area contributed by atoms with E-state index in [4.69, 9.17) is 9.15 Å². The smallest absolute Gasteiger partial charge is 0.322 e. The fourth-order valence-corrected chi connectivity index (χ4v) is 3.33. The number of benzene rings is 2. The second kappa shape index (κ2) is 5.98. The number of carbonyl (C=O) groups is 1. The van der Waals surface area contributed by atoms with E-state index in [2.05, 4.69) is 15.5 Å². The quantitative estimate of drug-likeness (QED) is 0.774. The van der Waals surface area contributed by atoms with Crippen LogP contribution in [0.25, 0.3) is 0 Å². The molecule has 1 amide bonds. The first-order valence-electron chi connectivity index (χ1n) is 8.77. The molecular formula is C20H17N3O3. The second-order valence-corrected chi connectivity index (χ2v) is 6.75. The summed E-state index contributed by atoms with van der Waals surface area (Å²) in [6.07, 6.45) is 3.20. The number of nitrogens with zero attached hydrogens (tertiary/aromatic N) is 2. The van der Waals surface area contributed by atoms with Crippen molar-refractivity contribution in [3.05, 3.63) is 65.5 Å². The summed E-state index contributed by atoms with van der Waals surface area (Å²) < 4.78 is 11.5. The lowest BCUT2D eigenvalue weighted by atomic mass is 9.87. The van der Waals surface area contributed by atoms with Crippen molar-refractivity contribution in [1.29, 1.82) is 0 Å². The van der Waals surface area contributed by atoms with E-state index in [1.54, 1.807) is 0 Å². The highest BCUT2D eigenvalue weighted by molar-refractivity contribution is 5.98. The normalized spacial score (nSPS) is 15.7. The maximum atomic E-state index is 13.0. The number of nitrogens with one attached hydrogen (secondary N) is 1. The van der Waals surface area contributed by atoms with Gasteiger partial charge < -0.3 is 9.15 Å². The molecule has 1 aromatic heterocycles. The SMILES string of the molecule is O=C(Nc1nnc(CC2CC2)o1)C1c2ccccc2Oc2ccccc21. The predicted molar refractivity (Wildman–Crippen MR) is 94.2 cm³/mol. The zero-order valence-corrected chi connectivity index (χ0v) is 14.0. The van der Waals surface area contributed by atoms with Crippen LogP contribution >= 0.6 is 0 Å². The Bertz CT molecular complexity index is 932. The molecule has 26 heavy (non-hydrogen) atoms. The highest BCUT2D eigenvalue weighted by atomic mass is 16.5. The molecular weight excluding hydrogens is 330 g/mol. The van der Waals surface area contributed by atoms with Gasteiger partial charge in [0.05, 0.1) is 5.92 Å². The van der Waals surface area contributed by atoms with Crippen molar-refractivity contribution in [2.45, 2.75) is 25.2 Å². The van der Waals surface area contributed by atoms with Crippen LogP contribution in [-0.2, 0) is 11.2 Å². The zero-order valence-electron chi connectivity index (χ0n) is 14.0. The van der Waals surface area contributed by atoms with Gasteiger partial charge in [0.2, 0.25) is 11.8 Å². The molecule has 130 valence electrons. The third-order valence-electron chi connectivity index (χ3n) is 4.80. The van der Waals surface area contributed by atoms with Gasteiger partial charge in [-0.15, -0.1) is 5.10 Å². The molecule has 1 saturated carbocycles. The number of carbonyl (C=O) groups excluding carboxylic acids is 1. The molecule has 2 aliphatic rings. The van der Waals surface area contributed by atoms with Crippen molar-refractivity contribution in [2.75, 3.05) is 5.32 Å². The summed E-state index contributed by atoms with van der Waals surface area (Å²) in [5.41, 5.74) is 1.64. The predicted octanol–water partition coefficient (Wildman–Crippen LogP) is 3.90. The minimum Gasteiger partial charge on any atom is -0.457 e. The van der Waals surface area contributed by atoms with Crippen LogP contribution in [0.5, 0.6) is 11.5 Å². The number of amides is 1. The van der Waals surface area contributed by atoms with E-state index in [-0.39, 0.29) is 11.9 Å². The average Bonchev–Trinajstić information content (AvgIpc) is 3.37. The first-order valence-corrected chi connectivity index (χ1v) is 8.77. The third kappa shape index (κ3) is 2.73. The van der Waals surface area contributed by atoms with E-state index >= 15 is 0 Å². The molecule has 0 radical (unpaired) electrons. The van der Waals surface area contributed by atoms with E-state index in [1.165, 1.54) is 12.8 Å². The Labute approximate surface area is 150 Å². The van der Waals surface area contributed by atoms with Gasteiger partial charge in [-0.25, -0.2) is 0 Å². The van der Waals surface area contributed by atoms with E-state index in [9.17, 15) is 4.79 Å². The molecule has 0 unspecified atom stereocenters. The van der Waals surface area contributed by atoms with E-state index in [0.717, 1.165) is 17.5 Å². The highest BCUT2D eigenvalue weighted by Crippen LogP contribution is 2.44. The molecule has 0 saturated heterocycles. The Morgan fingerprint density at radius 3 is 2.31 bits per heavy atom. The molecule has 3 aromatic rings. The fraction of sp³-hybridized carbons (Fsp3) is 0.250. The lowest BCUT2D eigenvalue weighted by Gasteiger charge is -2.26. The van der Waals surface area contributed by atoms with Crippen LogP contribution in [0.3, 0.4) is 0 Å². The number of hydrogen-bond donors (Lipinski definition) is 1. The summed E-state index contributed by atoms with van der Waals surface area (Å²) in [4.78, 5) is 13.0. The Kier molecular flexibility index (Phi) is 3.48. The van der Waals surface area contributed by atoms with Gasteiger partial charge in [0.1, 0.15) is 11.5 Å². The molecule has 0 atom stereocenters. The summed E-state index contributed by atoms with van der Waals surface area (Å²) in [5, 5.41) is 10.8. The van der Waals surface area contributed by atoms with Gasteiger partial charge in [0.15, 0.2) is 0 Å². The molecule has 5 rings (SSSR count). The molecule has 0 spiro atoms. The van der Waals surface area contributed by atoms with Crippen LogP contribution < -0.4 is 10.1 Å². The van der Waals surface area contributed by atoms with E-state index in [0.29, 0.717) is 23.3 Å². The Hall–Kier alpha value is -3.15. The number of anilines is 1. The van der Waals surface area contributed by atoms with Crippen molar-refractivity contribution in [3.63, 3.8) is 0 Å². The van der Waals surface area contributed by atoms with Crippen molar-refractivity contribution >= 4 is 11.9 Å². The number of para-hydroxylation sites is 2. The van der Waals surface area contributed by atoms with Gasteiger partial charge in [-0.2, -0.15) is 0 Å². The van der Waals surface area contributed by atoms with E-state index < -0.39 is 5.92 Å². The van der Waals surface area contributed by atoms with Crippen molar-refractivity contribution in [3.8, 4) is 11.5 Å². The second-order valence-electron chi connectivity index (χ2n) is 6.75. The van der Waals surface area contributed by atoms with Crippen molar-refractivity contribution in [2.24, 2.45) is 5.92 Å². The monoisotopic (exact) mass is 347 g/mol. The maximum Gasteiger partial charge on any atom is 0.322 e.